The number of amides is 1. The van der Waals surface area contributed by atoms with Gasteiger partial charge in [0.25, 0.3) is 0 Å². The molecule has 1 aliphatic carbocycles. The predicted octanol–water partition coefficient (Wildman–Crippen LogP) is 7.35. The van der Waals surface area contributed by atoms with E-state index in [1.807, 2.05) is 24.3 Å². The van der Waals surface area contributed by atoms with Gasteiger partial charge in [0.2, 0.25) is 11.8 Å². The molecule has 1 heterocycles. The van der Waals surface area contributed by atoms with Gasteiger partial charge in [-0.3, -0.25) is 4.79 Å². The highest BCUT2D eigenvalue weighted by Crippen LogP contribution is 2.57. The van der Waals surface area contributed by atoms with Crippen LogP contribution in [-0.4, -0.2) is 40.5 Å². The smallest absolute Gasteiger partial charge is 0.405 e. The van der Waals surface area contributed by atoms with Gasteiger partial charge in [0, 0.05) is 27.0 Å². The molecule has 4 aromatic rings. The average molecular weight is 610 g/mol. The van der Waals surface area contributed by atoms with Crippen LogP contribution in [0, 0.1) is 0 Å². The van der Waals surface area contributed by atoms with Crippen LogP contribution in [0.2, 0.25) is 10.0 Å². The fourth-order valence-electron chi connectivity index (χ4n) is 4.68. The minimum atomic E-state index is -4.55. The van der Waals surface area contributed by atoms with E-state index < -0.39 is 41.8 Å². The van der Waals surface area contributed by atoms with Gasteiger partial charge in [-0.15, -0.1) is 0 Å². The SMILES string of the molecule is CC[S+]([O-])c1ccc(N(CC(=O)Nc2cc(Cl)c(C3(c4nc5ccccc5o4)CC3)c(Cl)c2)CC(F)(F)F)cc1. The van der Waals surface area contributed by atoms with Crippen LogP contribution < -0.4 is 10.2 Å². The van der Waals surface area contributed by atoms with E-state index in [4.69, 9.17) is 27.6 Å². The highest BCUT2D eigenvalue weighted by atomic mass is 35.5. The molecule has 1 unspecified atom stereocenters. The van der Waals surface area contributed by atoms with Crippen molar-refractivity contribution in [1.29, 1.82) is 0 Å². The Morgan fingerprint density at radius 2 is 1.77 bits per heavy atom. The zero-order chi connectivity index (χ0) is 28.7. The van der Waals surface area contributed by atoms with Gasteiger partial charge in [0.15, 0.2) is 10.5 Å². The second kappa shape index (κ2) is 11.2. The maximum atomic E-state index is 13.3. The lowest BCUT2D eigenvalue weighted by molar-refractivity contribution is -0.122. The third kappa shape index (κ3) is 6.05. The molecular weight excluding hydrogens is 586 g/mol. The Kier molecular flexibility index (Phi) is 7.98. The normalized spacial score (nSPS) is 15.2. The number of anilines is 2. The molecule has 40 heavy (non-hydrogen) atoms. The number of hydrogen-bond donors (Lipinski definition) is 1. The Balaban J connectivity index is 1.34. The number of nitrogens with one attached hydrogen (secondary N) is 1. The molecule has 3 aromatic carbocycles. The fraction of sp³-hybridized carbons (Fsp3) is 0.286. The van der Waals surface area contributed by atoms with Crippen LogP contribution in [0.5, 0.6) is 0 Å². The summed E-state index contributed by atoms with van der Waals surface area (Å²) in [5.74, 6) is 0.199. The standard InChI is InChI=1S/C28H24Cl2F3N3O3S/c1-2-40(38)19-9-7-18(8-10-19)36(16-28(31,32)33)15-24(37)34-17-13-20(29)25(21(30)14-17)27(11-12-27)26-35-22-5-3-4-6-23(22)39-26/h3-10,13-14H,2,11-12,15-16H2,1H3,(H,34,37). The van der Waals surface area contributed by atoms with E-state index in [0.29, 0.717) is 27.7 Å². The molecule has 1 aliphatic rings. The van der Waals surface area contributed by atoms with Gasteiger partial charge < -0.3 is 19.2 Å². The van der Waals surface area contributed by atoms with E-state index in [1.54, 1.807) is 6.92 Å². The van der Waals surface area contributed by atoms with Crippen molar-refractivity contribution in [3.05, 3.63) is 82.2 Å². The lowest BCUT2D eigenvalue weighted by Crippen LogP contribution is -2.39. The van der Waals surface area contributed by atoms with Gasteiger partial charge in [0.1, 0.15) is 17.8 Å². The van der Waals surface area contributed by atoms with E-state index in [1.165, 1.54) is 36.4 Å². The minimum absolute atomic E-state index is 0.171. The first-order chi connectivity index (χ1) is 19.0. The Hall–Kier alpha value is -2.92. The minimum Gasteiger partial charge on any atom is -0.611 e. The van der Waals surface area contributed by atoms with Crippen LogP contribution in [0.1, 0.15) is 31.2 Å². The monoisotopic (exact) mass is 609 g/mol. The molecule has 210 valence electrons. The van der Waals surface area contributed by atoms with Gasteiger partial charge >= 0.3 is 6.18 Å². The first kappa shape index (κ1) is 28.6. The highest BCUT2D eigenvalue weighted by Gasteiger charge is 2.52. The summed E-state index contributed by atoms with van der Waals surface area (Å²) in [4.78, 5) is 18.9. The van der Waals surface area contributed by atoms with Crippen LogP contribution in [0.15, 0.2) is 70.0 Å². The fourth-order valence-corrected chi connectivity index (χ4v) is 6.30. The zero-order valence-electron chi connectivity index (χ0n) is 21.2. The van der Waals surface area contributed by atoms with E-state index in [-0.39, 0.29) is 21.4 Å². The highest BCUT2D eigenvalue weighted by molar-refractivity contribution is 7.91. The number of para-hydroxylation sites is 2. The summed E-state index contributed by atoms with van der Waals surface area (Å²) in [6.45, 7) is -0.181. The van der Waals surface area contributed by atoms with Crippen LogP contribution >= 0.6 is 23.2 Å². The van der Waals surface area contributed by atoms with E-state index in [2.05, 4.69) is 10.3 Å². The molecule has 0 radical (unpaired) electrons. The maximum Gasteiger partial charge on any atom is 0.405 e. The molecule has 5 rings (SSSR count). The largest absolute Gasteiger partial charge is 0.611 e. The number of carbonyl (C=O) groups is 1. The lowest BCUT2D eigenvalue weighted by Gasteiger charge is -2.26. The van der Waals surface area contributed by atoms with Gasteiger partial charge in [-0.25, -0.2) is 4.98 Å². The van der Waals surface area contributed by atoms with Crippen molar-refractivity contribution in [2.75, 3.05) is 29.1 Å². The number of hydrogen-bond acceptors (Lipinski definition) is 5. The molecule has 1 amide bonds. The second-order valence-corrected chi connectivity index (χ2v) is 12.1. The third-order valence-electron chi connectivity index (χ3n) is 6.69. The Morgan fingerprint density at radius 1 is 1.12 bits per heavy atom. The van der Waals surface area contributed by atoms with Crippen LogP contribution in [0.4, 0.5) is 24.5 Å². The summed E-state index contributed by atoms with van der Waals surface area (Å²) >= 11 is 12.0. The molecule has 1 aromatic heterocycles. The summed E-state index contributed by atoms with van der Waals surface area (Å²) in [6, 6.07) is 16.3. The Bertz CT molecular complexity index is 1490. The summed E-state index contributed by atoms with van der Waals surface area (Å²) in [5.41, 5.74) is 1.83. The molecule has 1 fully saturated rings. The molecular formula is C28H24Cl2F3N3O3S. The van der Waals surface area contributed by atoms with Crippen molar-refractivity contribution >= 4 is 62.8 Å². The van der Waals surface area contributed by atoms with Gasteiger partial charge in [-0.1, -0.05) is 35.3 Å². The predicted molar refractivity (Wildman–Crippen MR) is 151 cm³/mol. The summed E-state index contributed by atoms with van der Waals surface area (Å²) in [5, 5.41) is 3.18. The van der Waals surface area contributed by atoms with Crippen LogP contribution in [0.25, 0.3) is 11.1 Å². The summed E-state index contributed by atoms with van der Waals surface area (Å²) in [6.07, 6.45) is -3.10. The molecule has 0 bridgehead atoms. The maximum absolute atomic E-state index is 13.3. The number of halogens is 5. The number of nitrogens with zero attached hydrogens (tertiary/aromatic N) is 2. The molecule has 6 nitrogen and oxygen atoms in total. The first-order valence-electron chi connectivity index (χ1n) is 12.4. The van der Waals surface area contributed by atoms with Gasteiger partial charge in [-0.05, 0) is 79.5 Å². The van der Waals surface area contributed by atoms with Crippen molar-refractivity contribution in [1.82, 2.24) is 4.98 Å². The van der Waals surface area contributed by atoms with Gasteiger partial charge in [-0.2, -0.15) is 13.2 Å². The summed E-state index contributed by atoms with van der Waals surface area (Å²) < 4.78 is 58.0. The first-order valence-corrected chi connectivity index (χ1v) is 14.5. The number of benzene rings is 3. The van der Waals surface area contributed by atoms with E-state index in [0.717, 1.165) is 23.3 Å². The van der Waals surface area contributed by atoms with Crippen molar-refractivity contribution < 1.29 is 26.9 Å². The quantitative estimate of drug-likeness (QED) is 0.201. The molecule has 0 saturated heterocycles. The Labute approximate surface area is 241 Å². The molecule has 1 N–H and O–H groups in total. The van der Waals surface area contributed by atoms with E-state index in [9.17, 15) is 22.5 Å². The molecule has 1 atom stereocenters. The van der Waals surface area contributed by atoms with Crippen molar-refractivity contribution in [3.8, 4) is 0 Å². The van der Waals surface area contributed by atoms with Crippen molar-refractivity contribution in [3.63, 3.8) is 0 Å². The Morgan fingerprint density at radius 3 is 2.35 bits per heavy atom. The number of oxazole rings is 1. The van der Waals surface area contributed by atoms with E-state index >= 15 is 0 Å². The molecule has 0 aliphatic heterocycles. The average Bonchev–Trinajstić information content (AvgIpc) is 3.56. The number of carbonyl (C=O) groups excluding carboxylic acids is 1. The number of alkyl halides is 3. The molecule has 0 spiro atoms. The van der Waals surface area contributed by atoms with Crippen molar-refractivity contribution in [2.24, 2.45) is 0 Å². The number of aromatic nitrogens is 1. The number of rotatable bonds is 9. The second-order valence-electron chi connectivity index (χ2n) is 9.53. The van der Waals surface area contributed by atoms with Crippen LogP contribution in [0.3, 0.4) is 0 Å². The zero-order valence-corrected chi connectivity index (χ0v) is 23.6. The molecule has 1 saturated carbocycles. The van der Waals surface area contributed by atoms with Crippen LogP contribution in [-0.2, 0) is 21.4 Å². The molecule has 12 heteroatoms. The third-order valence-corrected chi connectivity index (χ3v) is 8.61. The lowest BCUT2D eigenvalue weighted by atomic mass is 9.95. The van der Waals surface area contributed by atoms with Crippen molar-refractivity contribution in [2.45, 2.75) is 36.3 Å². The van der Waals surface area contributed by atoms with Gasteiger partial charge in [0.05, 0.1) is 12.0 Å². The number of fused-ring (bicyclic) bond motifs is 1. The summed E-state index contributed by atoms with van der Waals surface area (Å²) in [7, 11) is 0. The topological polar surface area (TPSA) is 81.4 Å².